The zero-order valence-electron chi connectivity index (χ0n) is 19.4. The maximum Gasteiger partial charge on any atom is 0.253 e. The van der Waals surface area contributed by atoms with Gasteiger partial charge in [-0.1, -0.05) is 24.6 Å². The number of benzene rings is 2. The predicted octanol–water partition coefficient (Wildman–Crippen LogP) is 3.70. The molecule has 2 aromatic rings. The molecule has 2 unspecified atom stereocenters. The van der Waals surface area contributed by atoms with Crippen molar-refractivity contribution in [1.29, 1.82) is 0 Å². The normalized spacial score (nSPS) is 16.1. The first-order valence-electron chi connectivity index (χ1n) is 11.5. The average molecular weight is 454 g/mol. The molecule has 2 aromatic carbocycles. The number of rotatable bonds is 7. The van der Waals surface area contributed by atoms with E-state index in [-0.39, 0.29) is 35.5 Å². The van der Waals surface area contributed by atoms with Gasteiger partial charge >= 0.3 is 0 Å². The van der Waals surface area contributed by atoms with E-state index < -0.39 is 6.04 Å². The highest BCUT2D eigenvalue weighted by Gasteiger charge is 2.34. The maximum atomic E-state index is 13.2. The summed E-state index contributed by atoms with van der Waals surface area (Å²) in [4.78, 5) is 40.4. The summed E-state index contributed by atoms with van der Waals surface area (Å²) in [6.45, 7) is 6.80. The van der Waals surface area contributed by atoms with Crippen LogP contribution in [0.5, 0.6) is 0 Å². The van der Waals surface area contributed by atoms with Gasteiger partial charge in [-0.25, -0.2) is 4.39 Å². The third-order valence-electron chi connectivity index (χ3n) is 6.27. The second kappa shape index (κ2) is 11.1. The first-order chi connectivity index (χ1) is 15.8. The number of carbonyl (C=O) groups is 3. The van der Waals surface area contributed by atoms with Crippen LogP contribution >= 0.6 is 0 Å². The van der Waals surface area contributed by atoms with Crippen molar-refractivity contribution in [2.75, 3.05) is 13.1 Å². The van der Waals surface area contributed by atoms with Gasteiger partial charge in [0, 0.05) is 30.3 Å². The molecular formula is C26H32FN3O3. The van der Waals surface area contributed by atoms with E-state index in [0.717, 1.165) is 12.0 Å². The van der Waals surface area contributed by atoms with Crippen LogP contribution in [0.3, 0.4) is 0 Å². The first kappa shape index (κ1) is 24.4. The van der Waals surface area contributed by atoms with Gasteiger partial charge in [0.05, 0.1) is 0 Å². The van der Waals surface area contributed by atoms with Crippen molar-refractivity contribution in [3.63, 3.8) is 0 Å². The summed E-state index contributed by atoms with van der Waals surface area (Å²) < 4.78 is 13.2. The molecule has 3 rings (SSSR count). The molecule has 33 heavy (non-hydrogen) atoms. The highest BCUT2D eigenvalue weighted by Crippen LogP contribution is 2.23. The molecule has 0 saturated carbocycles. The molecule has 6 nitrogen and oxygen atoms in total. The van der Waals surface area contributed by atoms with Crippen LogP contribution in [0.2, 0.25) is 0 Å². The lowest BCUT2D eigenvalue weighted by atomic mass is 9.88. The van der Waals surface area contributed by atoms with Gasteiger partial charge in [0.2, 0.25) is 5.91 Å². The van der Waals surface area contributed by atoms with Gasteiger partial charge in [-0.15, -0.1) is 0 Å². The van der Waals surface area contributed by atoms with Crippen molar-refractivity contribution in [2.45, 2.75) is 52.1 Å². The standard InChI is InChI=1S/C26H32FN3O3/c1-4-18(3)28-25(32)23(29-24(31)20-7-5-17(2)6-8-20)19-13-15-30(16-14-19)26(33)21-9-11-22(27)12-10-21/h5-12,18-19,23H,4,13-16H2,1-3H3,(H,28,32)(H,29,31). The summed E-state index contributed by atoms with van der Waals surface area (Å²) >= 11 is 0. The SMILES string of the molecule is CCC(C)NC(=O)C(NC(=O)c1ccc(C)cc1)C1CCN(C(=O)c2ccc(F)cc2)CC1. The number of halogens is 1. The number of aryl methyl sites for hydroxylation is 1. The van der Waals surface area contributed by atoms with Crippen molar-refractivity contribution < 1.29 is 18.8 Å². The number of carbonyl (C=O) groups excluding carboxylic acids is 3. The molecule has 1 aliphatic rings. The minimum atomic E-state index is -0.684. The molecular weight excluding hydrogens is 421 g/mol. The molecule has 0 aromatic heterocycles. The zero-order valence-corrected chi connectivity index (χ0v) is 19.4. The lowest BCUT2D eigenvalue weighted by Crippen LogP contribution is -2.55. The molecule has 1 heterocycles. The van der Waals surface area contributed by atoms with Crippen LogP contribution in [0, 0.1) is 18.7 Å². The van der Waals surface area contributed by atoms with Crippen molar-refractivity contribution in [3.05, 3.63) is 71.0 Å². The Balaban J connectivity index is 1.69. The molecule has 1 fully saturated rings. The van der Waals surface area contributed by atoms with Crippen LogP contribution in [-0.2, 0) is 4.79 Å². The number of nitrogens with one attached hydrogen (secondary N) is 2. The summed E-state index contributed by atoms with van der Waals surface area (Å²) in [6.07, 6.45) is 1.95. The topological polar surface area (TPSA) is 78.5 Å². The minimum Gasteiger partial charge on any atom is -0.352 e. The lowest BCUT2D eigenvalue weighted by molar-refractivity contribution is -0.125. The molecule has 0 radical (unpaired) electrons. The zero-order chi connectivity index (χ0) is 24.0. The van der Waals surface area contributed by atoms with Gasteiger partial charge in [0.15, 0.2) is 0 Å². The Bertz CT molecular complexity index is 967. The largest absolute Gasteiger partial charge is 0.352 e. The van der Waals surface area contributed by atoms with Crippen LogP contribution in [0.15, 0.2) is 48.5 Å². The number of piperidine rings is 1. The molecule has 7 heteroatoms. The third kappa shape index (κ3) is 6.40. The third-order valence-corrected chi connectivity index (χ3v) is 6.27. The number of hydrogen-bond acceptors (Lipinski definition) is 3. The molecule has 0 spiro atoms. The van der Waals surface area contributed by atoms with E-state index in [1.807, 2.05) is 32.9 Å². The Labute approximate surface area is 194 Å². The second-order valence-corrected chi connectivity index (χ2v) is 8.77. The monoisotopic (exact) mass is 453 g/mol. The Morgan fingerprint density at radius 1 is 0.970 bits per heavy atom. The van der Waals surface area contributed by atoms with Crippen LogP contribution in [-0.4, -0.2) is 47.8 Å². The molecule has 2 N–H and O–H groups in total. The fourth-order valence-corrected chi connectivity index (χ4v) is 3.97. The van der Waals surface area contributed by atoms with E-state index in [9.17, 15) is 18.8 Å². The Morgan fingerprint density at radius 2 is 1.55 bits per heavy atom. The summed E-state index contributed by atoms with van der Waals surface area (Å²) in [5, 5.41) is 5.93. The molecule has 1 aliphatic heterocycles. The summed E-state index contributed by atoms with van der Waals surface area (Å²) in [5.41, 5.74) is 2.00. The summed E-state index contributed by atoms with van der Waals surface area (Å²) in [7, 11) is 0. The van der Waals surface area contributed by atoms with E-state index in [4.69, 9.17) is 0 Å². The molecule has 3 amide bonds. The molecule has 1 saturated heterocycles. The first-order valence-corrected chi connectivity index (χ1v) is 11.5. The van der Waals surface area contributed by atoms with E-state index >= 15 is 0 Å². The van der Waals surface area contributed by atoms with E-state index in [1.165, 1.54) is 24.3 Å². The summed E-state index contributed by atoms with van der Waals surface area (Å²) in [6, 6.07) is 12.0. The van der Waals surface area contributed by atoms with Crippen molar-refractivity contribution in [2.24, 2.45) is 5.92 Å². The number of likely N-dealkylation sites (tertiary alicyclic amines) is 1. The summed E-state index contributed by atoms with van der Waals surface area (Å²) in [5.74, 6) is -1.12. The molecule has 2 atom stereocenters. The van der Waals surface area contributed by atoms with Gasteiger partial charge in [0.25, 0.3) is 11.8 Å². The fourth-order valence-electron chi connectivity index (χ4n) is 3.97. The smallest absolute Gasteiger partial charge is 0.253 e. The Kier molecular flexibility index (Phi) is 8.20. The molecule has 0 aliphatic carbocycles. The highest BCUT2D eigenvalue weighted by atomic mass is 19.1. The van der Waals surface area contributed by atoms with Crippen LogP contribution in [0.25, 0.3) is 0 Å². The van der Waals surface area contributed by atoms with Gasteiger partial charge in [0.1, 0.15) is 11.9 Å². The maximum absolute atomic E-state index is 13.2. The van der Waals surface area contributed by atoms with Gasteiger partial charge in [-0.3, -0.25) is 14.4 Å². The second-order valence-electron chi connectivity index (χ2n) is 8.77. The number of nitrogens with zero attached hydrogens (tertiary/aromatic N) is 1. The van der Waals surface area contributed by atoms with Crippen LogP contribution < -0.4 is 10.6 Å². The van der Waals surface area contributed by atoms with E-state index in [2.05, 4.69) is 10.6 Å². The van der Waals surface area contributed by atoms with Crippen molar-refractivity contribution in [1.82, 2.24) is 15.5 Å². The quantitative estimate of drug-likeness (QED) is 0.671. The van der Waals surface area contributed by atoms with Gasteiger partial charge < -0.3 is 15.5 Å². The Morgan fingerprint density at radius 3 is 2.12 bits per heavy atom. The molecule has 176 valence electrons. The van der Waals surface area contributed by atoms with Gasteiger partial charge in [-0.2, -0.15) is 0 Å². The Hall–Kier alpha value is -3.22. The minimum absolute atomic E-state index is 0.00331. The van der Waals surface area contributed by atoms with Gasteiger partial charge in [-0.05, 0) is 75.4 Å². The average Bonchev–Trinajstić information content (AvgIpc) is 2.82. The number of amides is 3. The molecule has 0 bridgehead atoms. The van der Waals surface area contributed by atoms with E-state index in [1.54, 1.807) is 17.0 Å². The van der Waals surface area contributed by atoms with E-state index in [0.29, 0.717) is 37.1 Å². The number of hydrogen-bond donors (Lipinski definition) is 2. The van der Waals surface area contributed by atoms with Crippen LogP contribution in [0.4, 0.5) is 4.39 Å². The predicted molar refractivity (Wildman–Crippen MR) is 125 cm³/mol. The lowest BCUT2D eigenvalue weighted by Gasteiger charge is -2.36. The highest BCUT2D eigenvalue weighted by molar-refractivity contribution is 5.98. The van der Waals surface area contributed by atoms with Crippen LogP contribution in [0.1, 0.15) is 59.4 Å². The fraction of sp³-hybridized carbons (Fsp3) is 0.423. The van der Waals surface area contributed by atoms with Crippen molar-refractivity contribution in [3.8, 4) is 0 Å². The van der Waals surface area contributed by atoms with Crippen molar-refractivity contribution >= 4 is 17.7 Å².